The first-order chi connectivity index (χ1) is 9.08. The number of carboxylic acids is 1. The zero-order valence-electron chi connectivity index (χ0n) is 10.2. The number of rotatable bonds is 6. The van der Waals surface area contributed by atoms with Gasteiger partial charge in [0.05, 0.1) is 12.2 Å². The lowest BCUT2D eigenvalue weighted by Crippen LogP contribution is -2.42. The molecule has 1 amide bonds. The Morgan fingerprint density at radius 3 is 2.63 bits per heavy atom. The van der Waals surface area contributed by atoms with Crippen LogP contribution in [0.4, 0.5) is 5.69 Å². The Morgan fingerprint density at radius 2 is 2.05 bits per heavy atom. The summed E-state index contributed by atoms with van der Waals surface area (Å²) in [7, 11) is 0. The van der Waals surface area contributed by atoms with Crippen molar-refractivity contribution in [3.05, 3.63) is 27.8 Å². The van der Waals surface area contributed by atoms with Gasteiger partial charge in [0.2, 0.25) is 5.91 Å². The molecule has 1 aromatic rings. The quantitative estimate of drug-likeness (QED) is 0.663. The van der Waals surface area contributed by atoms with Crippen molar-refractivity contribution in [1.29, 1.82) is 0 Å². The van der Waals surface area contributed by atoms with E-state index in [4.69, 9.17) is 5.11 Å². The van der Waals surface area contributed by atoms with Crippen molar-refractivity contribution in [1.82, 2.24) is 5.32 Å². The Morgan fingerprint density at radius 1 is 1.37 bits per heavy atom. The number of hydrogen-bond acceptors (Lipinski definition) is 3. The van der Waals surface area contributed by atoms with Crippen molar-refractivity contribution >= 4 is 40.2 Å². The first-order valence-electron chi connectivity index (χ1n) is 6.08. The summed E-state index contributed by atoms with van der Waals surface area (Å²) < 4.78 is 0.949. The molecular formula is C13H15IN2O3. The molecular weight excluding hydrogens is 359 g/mol. The van der Waals surface area contributed by atoms with Crippen LogP contribution < -0.4 is 10.6 Å². The number of para-hydroxylation sites is 1. The lowest BCUT2D eigenvalue weighted by Gasteiger charge is -2.13. The molecule has 0 radical (unpaired) electrons. The van der Waals surface area contributed by atoms with Crippen molar-refractivity contribution in [3.63, 3.8) is 0 Å². The van der Waals surface area contributed by atoms with Crippen LogP contribution in [0.1, 0.15) is 12.8 Å². The standard InChI is InChI=1S/C13H15IN2O3/c14-9-3-1-2-4-10(9)16-11(17)7-15-12(13(18)19)8-5-6-8/h1-4,8,12,15H,5-7H2,(H,16,17)(H,18,19). The number of aliphatic carboxylic acids is 1. The van der Waals surface area contributed by atoms with E-state index < -0.39 is 12.0 Å². The van der Waals surface area contributed by atoms with Gasteiger partial charge < -0.3 is 10.4 Å². The Labute approximate surface area is 124 Å². The Hall–Kier alpha value is -1.15. The molecule has 1 aromatic carbocycles. The van der Waals surface area contributed by atoms with Crippen LogP contribution in [0.15, 0.2) is 24.3 Å². The number of halogens is 1. The van der Waals surface area contributed by atoms with Gasteiger partial charge in [-0.25, -0.2) is 0 Å². The maximum atomic E-state index is 11.8. The molecule has 1 unspecified atom stereocenters. The molecule has 0 aromatic heterocycles. The summed E-state index contributed by atoms with van der Waals surface area (Å²) >= 11 is 2.14. The topological polar surface area (TPSA) is 78.4 Å². The molecule has 1 aliphatic carbocycles. The molecule has 1 aliphatic rings. The van der Waals surface area contributed by atoms with E-state index in [-0.39, 0.29) is 18.4 Å². The second-order valence-corrected chi connectivity index (χ2v) is 5.72. The first-order valence-corrected chi connectivity index (χ1v) is 7.16. The minimum atomic E-state index is -0.885. The molecule has 5 nitrogen and oxygen atoms in total. The lowest BCUT2D eigenvalue weighted by atomic mass is 10.2. The highest BCUT2D eigenvalue weighted by molar-refractivity contribution is 14.1. The van der Waals surface area contributed by atoms with E-state index in [0.717, 1.165) is 22.1 Å². The van der Waals surface area contributed by atoms with E-state index in [1.54, 1.807) is 0 Å². The van der Waals surface area contributed by atoms with Crippen LogP contribution in [-0.2, 0) is 9.59 Å². The summed E-state index contributed by atoms with van der Waals surface area (Å²) in [5.74, 6) is -0.942. The summed E-state index contributed by atoms with van der Waals surface area (Å²) in [6.07, 6.45) is 1.84. The molecule has 0 heterocycles. The predicted octanol–water partition coefficient (Wildman–Crippen LogP) is 1.68. The average Bonchev–Trinajstić information content (AvgIpc) is 3.16. The van der Waals surface area contributed by atoms with Crippen molar-refractivity contribution < 1.29 is 14.7 Å². The van der Waals surface area contributed by atoms with Crippen LogP contribution in [0, 0.1) is 9.49 Å². The number of carboxylic acid groups (broad SMARTS) is 1. The largest absolute Gasteiger partial charge is 0.480 e. The van der Waals surface area contributed by atoms with Crippen LogP contribution in [0.3, 0.4) is 0 Å². The van der Waals surface area contributed by atoms with Crippen LogP contribution in [0.25, 0.3) is 0 Å². The average molecular weight is 374 g/mol. The molecule has 0 spiro atoms. The number of hydrogen-bond donors (Lipinski definition) is 3. The van der Waals surface area contributed by atoms with Gasteiger partial charge >= 0.3 is 5.97 Å². The van der Waals surface area contributed by atoms with Gasteiger partial charge in [-0.3, -0.25) is 14.9 Å². The number of nitrogens with one attached hydrogen (secondary N) is 2. The van der Waals surface area contributed by atoms with E-state index in [9.17, 15) is 9.59 Å². The highest BCUT2D eigenvalue weighted by Gasteiger charge is 2.36. The minimum absolute atomic E-state index is 0.0123. The van der Waals surface area contributed by atoms with Gasteiger partial charge in [0.25, 0.3) is 0 Å². The molecule has 1 saturated carbocycles. The SMILES string of the molecule is O=C(CNC(C(=O)O)C1CC1)Nc1ccccc1I. The van der Waals surface area contributed by atoms with E-state index >= 15 is 0 Å². The molecule has 0 saturated heterocycles. The van der Waals surface area contributed by atoms with E-state index in [2.05, 4.69) is 33.2 Å². The van der Waals surface area contributed by atoms with Gasteiger partial charge in [-0.05, 0) is 53.5 Å². The number of benzene rings is 1. The van der Waals surface area contributed by atoms with Gasteiger partial charge in [-0.1, -0.05) is 12.1 Å². The Kier molecular flexibility index (Phi) is 4.76. The molecule has 102 valence electrons. The molecule has 3 N–H and O–H groups in total. The smallest absolute Gasteiger partial charge is 0.320 e. The molecule has 6 heteroatoms. The van der Waals surface area contributed by atoms with Gasteiger partial charge in [0, 0.05) is 3.57 Å². The van der Waals surface area contributed by atoms with Crippen LogP contribution in [-0.4, -0.2) is 29.6 Å². The van der Waals surface area contributed by atoms with E-state index in [0.29, 0.717) is 0 Å². The lowest BCUT2D eigenvalue weighted by molar-refractivity contribution is -0.140. The number of carbonyl (C=O) groups excluding carboxylic acids is 1. The fourth-order valence-corrected chi connectivity index (χ4v) is 2.37. The summed E-state index contributed by atoms with van der Waals surface area (Å²) in [5, 5.41) is 14.6. The molecule has 1 atom stereocenters. The fraction of sp³-hybridized carbons (Fsp3) is 0.385. The summed E-state index contributed by atoms with van der Waals surface area (Å²) in [6, 6.07) is 6.84. The van der Waals surface area contributed by atoms with Crippen LogP contribution in [0.2, 0.25) is 0 Å². The highest BCUT2D eigenvalue weighted by Crippen LogP contribution is 2.32. The second kappa shape index (κ2) is 6.33. The Balaban J connectivity index is 1.84. The molecule has 2 rings (SSSR count). The summed E-state index contributed by atoms with van der Waals surface area (Å²) in [4.78, 5) is 22.8. The number of amides is 1. The maximum Gasteiger partial charge on any atom is 0.320 e. The molecule has 1 fully saturated rings. The second-order valence-electron chi connectivity index (χ2n) is 4.56. The normalized spacial score (nSPS) is 15.8. The number of anilines is 1. The van der Waals surface area contributed by atoms with Crippen molar-refractivity contribution in [2.45, 2.75) is 18.9 Å². The van der Waals surface area contributed by atoms with Crippen LogP contribution >= 0.6 is 22.6 Å². The van der Waals surface area contributed by atoms with Crippen molar-refractivity contribution in [2.24, 2.45) is 5.92 Å². The van der Waals surface area contributed by atoms with Gasteiger partial charge in [0.15, 0.2) is 0 Å². The monoisotopic (exact) mass is 374 g/mol. The highest BCUT2D eigenvalue weighted by atomic mass is 127. The van der Waals surface area contributed by atoms with E-state index in [1.807, 2.05) is 24.3 Å². The van der Waals surface area contributed by atoms with Gasteiger partial charge in [0.1, 0.15) is 6.04 Å². The Bertz CT molecular complexity index is 489. The maximum absolute atomic E-state index is 11.8. The third-order valence-corrected chi connectivity index (χ3v) is 3.93. The third-order valence-electron chi connectivity index (χ3n) is 2.99. The molecule has 19 heavy (non-hydrogen) atoms. The zero-order chi connectivity index (χ0) is 13.8. The number of carbonyl (C=O) groups is 2. The van der Waals surface area contributed by atoms with Crippen LogP contribution in [0.5, 0.6) is 0 Å². The van der Waals surface area contributed by atoms with Crippen molar-refractivity contribution in [3.8, 4) is 0 Å². The molecule has 0 aliphatic heterocycles. The fourth-order valence-electron chi connectivity index (χ4n) is 1.84. The van der Waals surface area contributed by atoms with Gasteiger partial charge in [-0.2, -0.15) is 0 Å². The predicted molar refractivity (Wildman–Crippen MR) is 79.9 cm³/mol. The van der Waals surface area contributed by atoms with Gasteiger partial charge in [-0.15, -0.1) is 0 Å². The minimum Gasteiger partial charge on any atom is -0.480 e. The molecule has 0 bridgehead atoms. The summed E-state index contributed by atoms with van der Waals surface area (Å²) in [5.41, 5.74) is 0.744. The first kappa shape index (κ1) is 14.3. The third kappa shape index (κ3) is 4.17. The zero-order valence-corrected chi connectivity index (χ0v) is 12.4. The summed E-state index contributed by atoms with van der Waals surface area (Å²) in [6.45, 7) is 0.0123. The van der Waals surface area contributed by atoms with Crippen molar-refractivity contribution in [2.75, 3.05) is 11.9 Å². The van der Waals surface area contributed by atoms with E-state index in [1.165, 1.54) is 0 Å².